The van der Waals surface area contributed by atoms with Gasteiger partial charge in [0.25, 0.3) is 0 Å². The Morgan fingerprint density at radius 3 is 2.50 bits per heavy atom. The van der Waals surface area contributed by atoms with Gasteiger partial charge in [0.2, 0.25) is 0 Å². The van der Waals surface area contributed by atoms with Gasteiger partial charge in [0, 0.05) is 19.6 Å². The van der Waals surface area contributed by atoms with E-state index in [0.29, 0.717) is 0 Å². The molecule has 1 aromatic rings. The van der Waals surface area contributed by atoms with Crippen molar-refractivity contribution in [1.29, 1.82) is 0 Å². The van der Waals surface area contributed by atoms with Crippen molar-refractivity contribution in [3.8, 4) is 11.5 Å². The van der Waals surface area contributed by atoms with Crippen LogP contribution in [0.5, 0.6) is 11.5 Å². The van der Waals surface area contributed by atoms with Crippen LogP contribution < -0.4 is 9.47 Å². The summed E-state index contributed by atoms with van der Waals surface area (Å²) in [6.07, 6.45) is 7.66. The zero-order valence-corrected chi connectivity index (χ0v) is 15.4. The third-order valence-electron chi connectivity index (χ3n) is 4.49. The summed E-state index contributed by atoms with van der Waals surface area (Å²) in [6, 6.07) is 6.30. The lowest BCUT2D eigenvalue weighted by molar-refractivity contribution is 0.0341. The minimum absolute atomic E-state index is 0.769. The van der Waals surface area contributed by atoms with Crippen LogP contribution in [0.3, 0.4) is 0 Å². The largest absolute Gasteiger partial charge is 0.493 e. The van der Waals surface area contributed by atoms with Crippen molar-refractivity contribution in [2.24, 2.45) is 0 Å². The zero-order valence-electron chi connectivity index (χ0n) is 15.4. The third-order valence-corrected chi connectivity index (χ3v) is 4.49. The van der Waals surface area contributed by atoms with Gasteiger partial charge in [-0.1, -0.05) is 45.1 Å². The normalized spacial score (nSPS) is 15.4. The fourth-order valence-corrected chi connectivity index (χ4v) is 3.01. The quantitative estimate of drug-likeness (QED) is 0.565. The zero-order chi connectivity index (χ0) is 17.0. The number of nitrogens with zero attached hydrogens (tertiary/aromatic N) is 1. The Bertz CT molecular complexity index is 458. The Kier molecular flexibility index (Phi) is 9.00. The highest BCUT2D eigenvalue weighted by atomic mass is 16.5. The summed E-state index contributed by atoms with van der Waals surface area (Å²) in [6.45, 7) is 7.62. The van der Waals surface area contributed by atoms with E-state index in [1.165, 1.54) is 37.7 Å². The maximum atomic E-state index is 5.92. The lowest BCUT2D eigenvalue weighted by atomic mass is 10.1. The molecule has 0 unspecified atom stereocenters. The van der Waals surface area contributed by atoms with Crippen LogP contribution in [0.1, 0.15) is 51.0 Å². The van der Waals surface area contributed by atoms with Crippen LogP contribution in [0.25, 0.3) is 0 Å². The SMILES string of the molecule is CCCCCCCCOc1ccc(CN2CCOCC2)cc1OC. The molecule has 0 amide bonds. The molecule has 1 aliphatic heterocycles. The molecule has 1 aromatic carbocycles. The van der Waals surface area contributed by atoms with Gasteiger partial charge < -0.3 is 14.2 Å². The lowest BCUT2D eigenvalue weighted by Gasteiger charge is -2.26. The van der Waals surface area contributed by atoms with Gasteiger partial charge in [0.1, 0.15) is 0 Å². The van der Waals surface area contributed by atoms with Crippen molar-refractivity contribution in [2.75, 3.05) is 40.0 Å². The topological polar surface area (TPSA) is 30.9 Å². The molecule has 136 valence electrons. The molecule has 0 N–H and O–H groups in total. The highest BCUT2D eigenvalue weighted by Crippen LogP contribution is 2.29. The average Bonchev–Trinajstić information content (AvgIpc) is 2.62. The van der Waals surface area contributed by atoms with E-state index in [9.17, 15) is 0 Å². The van der Waals surface area contributed by atoms with Crippen molar-refractivity contribution < 1.29 is 14.2 Å². The molecule has 1 aliphatic rings. The highest BCUT2D eigenvalue weighted by Gasteiger charge is 2.12. The summed E-state index contributed by atoms with van der Waals surface area (Å²) in [5.74, 6) is 1.70. The van der Waals surface area contributed by atoms with Crippen molar-refractivity contribution in [3.63, 3.8) is 0 Å². The van der Waals surface area contributed by atoms with Crippen molar-refractivity contribution in [1.82, 2.24) is 4.90 Å². The van der Waals surface area contributed by atoms with E-state index in [1.807, 2.05) is 6.07 Å². The molecule has 4 heteroatoms. The third kappa shape index (κ3) is 6.70. The van der Waals surface area contributed by atoms with Gasteiger partial charge in [-0.15, -0.1) is 0 Å². The van der Waals surface area contributed by atoms with E-state index in [0.717, 1.165) is 57.4 Å². The van der Waals surface area contributed by atoms with E-state index in [2.05, 4.69) is 24.0 Å². The van der Waals surface area contributed by atoms with E-state index < -0.39 is 0 Å². The number of hydrogen-bond donors (Lipinski definition) is 0. The van der Waals surface area contributed by atoms with Crippen LogP contribution >= 0.6 is 0 Å². The van der Waals surface area contributed by atoms with Gasteiger partial charge in [0.15, 0.2) is 11.5 Å². The first kappa shape index (κ1) is 19.1. The number of methoxy groups -OCH3 is 1. The van der Waals surface area contributed by atoms with Crippen LogP contribution in [-0.2, 0) is 11.3 Å². The number of hydrogen-bond acceptors (Lipinski definition) is 4. The number of ether oxygens (including phenoxy) is 3. The Morgan fingerprint density at radius 2 is 1.75 bits per heavy atom. The molecule has 0 aromatic heterocycles. The van der Waals surface area contributed by atoms with Gasteiger partial charge in [-0.2, -0.15) is 0 Å². The van der Waals surface area contributed by atoms with Gasteiger partial charge in [-0.05, 0) is 24.1 Å². The summed E-state index contributed by atoms with van der Waals surface area (Å²) in [7, 11) is 1.71. The minimum Gasteiger partial charge on any atom is -0.493 e. The summed E-state index contributed by atoms with van der Waals surface area (Å²) in [5, 5.41) is 0. The van der Waals surface area contributed by atoms with Gasteiger partial charge in [-0.25, -0.2) is 0 Å². The lowest BCUT2D eigenvalue weighted by Crippen LogP contribution is -2.35. The smallest absolute Gasteiger partial charge is 0.161 e. The van der Waals surface area contributed by atoms with E-state index in [4.69, 9.17) is 14.2 Å². The fraction of sp³-hybridized carbons (Fsp3) is 0.700. The Morgan fingerprint density at radius 1 is 1.00 bits per heavy atom. The molecule has 1 heterocycles. The molecule has 0 aliphatic carbocycles. The second-order valence-corrected chi connectivity index (χ2v) is 6.49. The molecule has 2 rings (SSSR count). The van der Waals surface area contributed by atoms with Crippen molar-refractivity contribution in [3.05, 3.63) is 23.8 Å². The molecule has 0 atom stereocenters. The minimum atomic E-state index is 0.769. The number of benzene rings is 1. The summed E-state index contributed by atoms with van der Waals surface area (Å²) < 4.78 is 16.8. The first-order valence-corrected chi connectivity index (χ1v) is 9.43. The van der Waals surface area contributed by atoms with Gasteiger partial charge in [-0.3, -0.25) is 4.90 Å². The highest BCUT2D eigenvalue weighted by molar-refractivity contribution is 5.43. The second kappa shape index (κ2) is 11.3. The van der Waals surface area contributed by atoms with Crippen LogP contribution in [0.15, 0.2) is 18.2 Å². The number of unbranched alkanes of at least 4 members (excludes halogenated alkanes) is 5. The summed E-state index contributed by atoms with van der Waals surface area (Å²) in [5.41, 5.74) is 1.26. The van der Waals surface area contributed by atoms with Crippen LogP contribution in [0, 0.1) is 0 Å². The summed E-state index contributed by atoms with van der Waals surface area (Å²) >= 11 is 0. The molecular formula is C20H33NO3. The molecular weight excluding hydrogens is 302 g/mol. The Labute approximate surface area is 147 Å². The predicted molar refractivity (Wildman–Crippen MR) is 98.0 cm³/mol. The van der Waals surface area contributed by atoms with E-state index in [1.54, 1.807) is 7.11 Å². The van der Waals surface area contributed by atoms with E-state index in [-0.39, 0.29) is 0 Å². The van der Waals surface area contributed by atoms with Gasteiger partial charge in [0.05, 0.1) is 26.9 Å². The fourth-order valence-electron chi connectivity index (χ4n) is 3.01. The molecule has 1 saturated heterocycles. The molecule has 4 nitrogen and oxygen atoms in total. The van der Waals surface area contributed by atoms with Crippen LogP contribution in [-0.4, -0.2) is 44.9 Å². The molecule has 0 radical (unpaired) electrons. The standard InChI is InChI=1S/C20H33NO3/c1-3-4-5-6-7-8-13-24-19-10-9-18(16-20(19)22-2)17-21-11-14-23-15-12-21/h9-10,16H,3-8,11-15,17H2,1-2H3. The maximum absolute atomic E-state index is 5.92. The number of rotatable bonds is 11. The first-order chi connectivity index (χ1) is 11.8. The Balaban J connectivity index is 1.76. The maximum Gasteiger partial charge on any atom is 0.161 e. The number of morpholine rings is 1. The first-order valence-electron chi connectivity index (χ1n) is 9.43. The van der Waals surface area contributed by atoms with E-state index >= 15 is 0 Å². The Hall–Kier alpha value is -1.26. The monoisotopic (exact) mass is 335 g/mol. The predicted octanol–water partition coefficient (Wildman–Crippen LogP) is 4.27. The molecule has 0 saturated carbocycles. The van der Waals surface area contributed by atoms with Crippen molar-refractivity contribution >= 4 is 0 Å². The van der Waals surface area contributed by atoms with Gasteiger partial charge >= 0.3 is 0 Å². The van der Waals surface area contributed by atoms with Crippen LogP contribution in [0.4, 0.5) is 0 Å². The molecule has 1 fully saturated rings. The molecule has 0 spiro atoms. The second-order valence-electron chi connectivity index (χ2n) is 6.49. The van der Waals surface area contributed by atoms with Crippen LogP contribution in [0.2, 0.25) is 0 Å². The molecule has 24 heavy (non-hydrogen) atoms. The molecule has 0 bridgehead atoms. The average molecular weight is 335 g/mol. The summed E-state index contributed by atoms with van der Waals surface area (Å²) in [4.78, 5) is 2.41. The van der Waals surface area contributed by atoms with Crippen molar-refractivity contribution in [2.45, 2.75) is 52.0 Å².